The molecule has 0 spiro atoms. The first-order valence-electron chi connectivity index (χ1n) is 9.47. The normalized spacial score (nSPS) is 21.3. The molecule has 4 rings (SSSR count). The van der Waals surface area contributed by atoms with Gasteiger partial charge in [0, 0.05) is 12.2 Å². The number of anilines is 2. The Kier molecular flexibility index (Phi) is 5.17. The van der Waals surface area contributed by atoms with Crippen molar-refractivity contribution < 1.29 is 33.4 Å². The maximum absolute atomic E-state index is 12.6. The molecule has 158 valence electrons. The lowest BCUT2D eigenvalue weighted by Gasteiger charge is -2.31. The number of nitrogens with zero attached hydrogens (tertiary/aromatic N) is 3. The van der Waals surface area contributed by atoms with Crippen LogP contribution in [-0.2, 0) is 28.6 Å². The van der Waals surface area contributed by atoms with E-state index in [2.05, 4.69) is 0 Å². The summed E-state index contributed by atoms with van der Waals surface area (Å²) in [6.07, 6.45) is 1.50. The number of hydrogen-bond acceptors (Lipinski definition) is 8. The van der Waals surface area contributed by atoms with E-state index in [0.29, 0.717) is 24.3 Å². The molecule has 0 bridgehead atoms. The van der Waals surface area contributed by atoms with Gasteiger partial charge in [-0.05, 0) is 37.1 Å². The number of imide groups is 1. The Labute approximate surface area is 172 Å². The summed E-state index contributed by atoms with van der Waals surface area (Å²) in [7, 11) is 2.44. The summed E-state index contributed by atoms with van der Waals surface area (Å²) in [4.78, 5) is 53.9. The van der Waals surface area contributed by atoms with E-state index in [1.807, 2.05) is 0 Å². The molecule has 3 amide bonds. The molecule has 10 heteroatoms. The summed E-state index contributed by atoms with van der Waals surface area (Å²) >= 11 is 0. The first kappa shape index (κ1) is 19.9. The topological polar surface area (TPSA) is 106 Å². The number of amides is 3. The Hall–Kier alpha value is -3.40. The van der Waals surface area contributed by atoms with Crippen molar-refractivity contribution in [1.82, 2.24) is 4.90 Å². The van der Waals surface area contributed by atoms with E-state index in [1.165, 1.54) is 24.0 Å². The van der Waals surface area contributed by atoms with Crippen LogP contribution >= 0.6 is 0 Å². The van der Waals surface area contributed by atoms with Crippen LogP contribution < -0.4 is 9.80 Å². The van der Waals surface area contributed by atoms with E-state index in [9.17, 15) is 19.2 Å². The van der Waals surface area contributed by atoms with E-state index in [-0.39, 0.29) is 42.6 Å². The largest absolute Gasteiger partial charge is 0.466 e. The van der Waals surface area contributed by atoms with Crippen molar-refractivity contribution in [2.24, 2.45) is 0 Å². The van der Waals surface area contributed by atoms with Gasteiger partial charge in [-0.1, -0.05) is 0 Å². The fourth-order valence-corrected chi connectivity index (χ4v) is 3.99. The molecule has 2 saturated heterocycles. The number of ether oxygens (including phenoxy) is 3. The Morgan fingerprint density at radius 1 is 1.03 bits per heavy atom. The molecule has 1 aromatic carbocycles. The Bertz CT molecular complexity index is 918. The molecule has 3 heterocycles. The third-order valence-electron chi connectivity index (χ3n) is 5.45. The number of rotatable bonds is 4. The third kappa shape index (κ3) is 3.09. The molecule has 2 fully saturated rings. The molecule has 0 saturated carbocycles. The third-order valence-corrected chi connectivity index (χ3v) is 5.45. The fourth-order valence-electron chi connectivity index (χ4n) is 3.99. The molecule has 10 nitrogen and oxygen atoms in total. The first-order chi connectivity index (χ1) is 14.5. The summed E-state index contributed by atoms with van der Waals surface area (Å²) < 4.78 is 15.0. The highest BCUT2D eigenvalue weighted by Crippen LogP contribution is 2.33. The number of carbonyl (C=O) groups excluding carboxylic acids is 4. The smallest absolute Gasteiger partial charge is 0.355 e. The number of esters is 2. The van der Waals surface area contributed by atoms with Crippen molar-refractivity contribution in [2.75, 3.05) is 43.9 Å². The zero-order chi connectivity index (χ0) is 21.4. The van der Waals surface area contributed by atoms with Gasteiger partial charge >= 0.3 is 18.0 Å². The molecule has 3 aliphatic rings. The predicted octanol–water partition coefficient (Wildman–Crippen LogP) is 1.01. The highest BCUT2D eigenvalue weighted by atomic mass is 16.5. The van der Waals surface area contributed by atoms with Crippen LogP contribution in [0.25, 0.3) is 0 Å². The first-order valence-corrected chi connectivity index (χ1v) is 9.47. The van der Waals surface area contributed by atoms with Crippen molar-refractivity contribution >= 4 is 35.3 Å². The number of carbonyl (C=O) groups is 4. The second-order valence-corrected chi connectivity index (χ2v) is 7.04. The van der Waals surface area contributed by atoms with Crippen LogP contribution in [0.3, 0.4) is 0 Å². The fraction of sp³-hybridized carbons (Fsp3) is 0.400. The summed E-state index contributed by atoms with van der Waals surface area (Å²) in [6.45, 7) is 0.514. The van der Waals surface area contributed by atoms with Crippen LogP contribution in [0, 0.1) is 0 Å². The molecular formula is C20H21N3O7. The maximum atomic E-state index is 12.6. The number of benzene rings is 1. The van der Waals surface area contributed by atoms with Gasteiger partial charge in [-0.25, -0.2) is 19.3 Å². The molecule has 1 atom stereocenters. The van der Waals surface area contributed by atoms with Gasteiger partial charge in [0.15, 0.2) is 0 Å². The lowest BCUT2D eigenvalue weighted by molar-refractivity contribution is -0.140. The zero-order valence-corrected chi connectivity index (χ0v) is 16.6. The molecule has 0 N–H and O–H groups in total. The lowest BCUT2D eigenvalue weighted by atomic mass is 10.1. The van der Waals surface area contributed by atoms with Crippen molar-refractivity contribution in [2.45, 2.75) is 18.9 Å². The molecule has 0 radical (unpaired) electrons. The second kappa shape index (κ2) is 7.79. The molecule has 1 aromatic rings. The second-order valence-electron chi connectivity index (χ2n) is 7.04. The Morgan fingerprint density at radius 2 is 1.70 bits per heavy atom. The maximum Gasteiger partial charge on any atom is 0.355 e. The van der Waals surface area contributed by atoms with Crippen molar-refractivity contribution in [3.8, 4) is 0 Å². The van der Waals surface area contributed by atoms with Gasteiger partial charge in [-0.3, -0.25) is 4.79 Å². The predicted molar refractivity (Wildman–Crippen MR) is 103 cm³/mol. The van der Waals surface area contributed by atoms with Crippen LogP contribution in [0.1, 0.15) is 12.8 Å². The average molecular weight is 415 g/mol. The van der Waals surface area contributed by atoms with Gasteiger partial charge < -0.3 is 24.0 Å². The minimum Gasteiger partial charge on any atom is -0.466 e. The molecule has 3 aliphatic heterocycles. The summed E-state index contributed by atoms with van der Waals surface area (Å²) in [6, 6.07) is 5.82. The van der Waals surface area contributed by atoms with Gasteiger partial charge in [-0.15, -0.1) is 0 Å². The minimum absolute atomic E-state index is 0.0156. The SMILES string of the molecule is COC(=O)C1=C(C(=O)OC)N(c2ccc(N3C(=O)C4CCCN4C3=O)cc2)COC1. The van der Waals surface area contributed by atoms with Gasteiger partial charge in [0.2, 0.25) is 0 Å². The van der Waals surface area contributed by atoms with Crippen LogP contribution in [0.2, 0.25) is 0 Å². The minimum atomic E-state index is -0.701. The molecule has 1 unspecified atom stereocenters. The average Bonchev–Trinajstić information content (AvgIpc) is 3.35. The van der Waals surface area contributed by atoms with Crippen LogP contribution in [0.4, 0.5) is 16.2 Å². The molecular weight excluding hydrogens is 394 g/mol. The molecule has 0 aromatic heterocycles. The van der Waals surface area contributed by atoms with Crippen LogP contribution in [0.5, 0.6) is 0 Å². The highest BCUT2D eigenvalue weighted by Gasteiger charge is 2.48. The Morgan fingerprint density at radius 3 is 2.33 bits per heavy atom. The van der Waals surface area contributed by atoms with Crippen molar-refractivity contribution in [3.63, 3.8) is 0 Å². The van der Waals surface area contributed by atoms with E-state index in [4.69, 9.17) is 14.2 Å². The van der Waals surface area contributed by atoms with Gasteiger partial charge in [0.05, 0.1) is 32.1 Å². The van der Waals surface area contributed by atoms with Gasteiger partial charge in [0.1, 0.15) is 18.5 Å². The van der Waals surface area contributed by atoms with E-state index in [0.717, 1.165) is 6.42 Å². The monoisotopic (exact) mass is 415 g/mol. The Balaban J connectivity index is 1.65. The number of methoxy groups -OCH3 is 2. The van der Waals surface area contributed by atoms with Crippen molar-refractivity contribution in [1.29, 1.82) is 0 Å². The highest BCUT2D eigenvalue weighted by molar-refractivity contribution is 6.21. The lowest BCUT2D eigenvalue weighted by Crippen LogP contribution is -2.38. The standard InChI is InChI=1S/C20H21N3O7/c1-28-18(25)14-10-30-11-22(16(14)19(26)29-2)12-5-7-13(8-6-12)23-17(24)15-4-3-9-21(15)20(23)27/h5-8,15H,3-4,9-11H2,1-2H3. The number of fused-ring (bicyclic) bond motifs is 1. The summed E-state index contributed by atoms with van der Waals surface area (Å²) in [5, 5.41) is 0. The van der Waals surface area contributed by atoms with Gasteiger partial charge in [0.25, 0.3) is 5.91 Å². The van der Waals surface area contributed by atoms with Crippen LogP contribution in [0.15, 0.2) is 35.5 Å². The zero-order valence-electron chi connectivity index (χ0n) is 16.6. The summed E-state index contributed by atoms with van der Waals surface area (Å²) in [5.41, 5.74) is 1.04. The van der Waals surface area contributed by atoms with E-state index >= 15 is 0 Å². The van der Waals surface area contributed by atoms with Crippen molar-refractivity contribution in [3.05, 3.63) is 35.5 Å². The number of urea groups is 1. The molecule has 30 heavy (non-hydrogen) atoms. The quantitative estimate of drug-likeness (QED) is 0.530. The van der Waals surface area contributed by atoms with Crippen LogP contribution in [-0.4, -0.2) is 68.9 Å². The molecule has 0 aliphatic carbocycles. The van der Waals surface area contributed by atoms with E-state index < -0.39 is 11.9 Å². The van der Waals surface area contributed by atoms with Gasteiger partial charge in [-0.2, -0.15) is 0 Å². The number of hydrogen-bond donors (Lipinski definition) is 0. The van der Waals surface area contributed by atoms with E-state index in [1.54, 1.807) is 29.2 Å². The summed E-state index contributed by atoms with van der Waals surface area (Å²) in [5.74, 6) is -1.62.